The highest BCUT2D eigenvalue weighted by Crippen LogP contribution is 2.15. The number of nitrogens with zero attached hydrogens (tertiary/aromatic N) is 2. The topological polar surface area (TPSA) is 63.5 Å². The maximum Gasteiger partial charge on any atom is 0.270 e. The molecule has 0 fully saturated rings. The van der Waals surface area contributed by atoms with Crippen LogP contribution in [0.4, 0.5) is 0 Å². The zero-order valence-electron chi connectivity index (χ0n) is 13.4. The monoisotopic (exact) mass is 339 g/mol. The molecule has 0 aliphatic rings. The number of carbonyl (C=O) groups excluding carboxylic acids is 2. The number of aryl methyl sites for hydroxylation is 1. The maximum atomic E-state index is 12.3. The van der Waals surface area contributed by atoms with E-state index in [9.17, 15) is 9.59 Å². The molecule has 1 N–H and O–H groups in total. The van der Waals surface area contributed by atoms with Gasteiger partial charge in [-0.1, -0.05) is 41.7 Å². The van der Waals surface area contributed by atoms with Gasteiger partial charge in [0, 0.05) is 12.6 Å². The maximum absolute atomic E-state index is 12.3. The van der Waals surface area contributed by atoms with Gasteiger partial charge in [-0.05, 0) is 31.2 Å². The molecule has 1 aromatic heterocycles. The first kappa shape index (κ1) is 16.1. The van der Waals surface area contributed by atoms with E-state index in [-0.39, 0.29) is 11.8 Å². The number of para-hydroxylation sites is 1. The average molecular weight is 339 g/mol. The van der Waals surface area contributed by atoms with E-state index in [0.29, 0.717) is 10.4 Å². The molecular formula is C18H17N3O2S. The van der Waals surface area contributed by atoms with Gasteiger partial charge in [0.1, 0.15) is 6.04 Å². The van der Waals surface area contributed by atoms with Crippen LogP contribution in [0.1, 0.15) is 17.3 Å². The number of hydrogen-bond donors (Lipinski definition) is 1. The Kier molecular flexibility index (Phi) is 4.57. The first-order chi connectivity index (χ1) is 11.6. The molecular weight excluding hydrogens is 322 g/mol. The SMILES string of the molecule is CC(NC(=O)c1ccccc1)C(=O)N=c1sc2ccccc2n1C. The Morgan fingerprint density at radius 2 is 1.75 bits per heavy atom. The van der Waals surface area contributed by atoms with Gasteiger partial charge in [0.2, 0.25) is 0 Å². The zero-order valence-corrected chi connectivity index (χ0v) is 14.2. The van der Waals surface area contributed by atoms with Gasteiger partial charge in [-0.15, -0.1) is 0 Å². The fourth-order valence-electron chi connectivity index (χ4n) is 2.31. The minimum absolute atomic E-state index is 0.285. The molecule has 2 amide bonds. The highest BCUT2D eigenvalue weighted by molar-refractivity contribution is 7.16. The number of benzene rings is 2. The Hall–Kier alpha value is -2.73. The summed E-state index contributed by atoms with van der Waals surface area (Å²) in [6, 6.07) is 16.0. The summed E-state index contributed by atoms with van der Waals surface area (Å²) in [7, 11) is 1.87. The van der Waals surface area contributed by atoms with Gasteiger partial charge in [-0.25, -0.2) is 0 Å². The highest BCUT2D eigenvalue weighted by atomic mass is 32.1. The van der Waals surface area contributed by atoms with Gasteiger partial charge < -0.3 is 9.88 Å². The second-order valence-electron chi connectivity index (χ2n) is 5.42. The fraction of sp³-hybridized carbons (Fsp3) is 0.167. The average Bonchev–Trinajstić information content (AvgIpc) is 2.92. The van der Waals surface area contributed by atoms with Crippen LogP contribution in [0, 0.1) is 0 Å². The smallest absolute Gasteiger partial charge is 0.270 e. The van der Waals surface area contributed by atoms with E-state index in [2.05, 4.69) is 10.3 Å². The lowest BCUT2D eigenvalue weighted by atomic mass is 10.2. The molecule has 6 heteroatoms. The summed E-state index contributed by atoms with van der Waals surface area (Å²) >= 11 is 1.45. The predicted molar refractivity (Wildman–Crippen MR) is 94.7 cm³/mol. The molecule has 0 saturated carbocycles. The molecule has 0 spiro atoms. The van der Waals surface area contributed by atoms with Gasteiger partial charge in [-0.2, -0.15) is 4.99 Å². The van der Waals surface area contributed by atoms with E-state index in [1.54, 1.807) is 31.2 Å². The summed E-state index contributed by atoms with van der Waals surface area (Å²) in [6.07, 6.45) is 0. The summed E-state index contributed by atoms with van der Waals surface area (Å²) in [5.41, 5.74) is 1.54. The Balaban J connectivity index is 1.80. The first-order valence-corrected chi connectivity index (χ1v) is 8.37. The van der Waals surface area contributed by atoms with Crippen LogP contribution in [0.25, 0.3) is 10.2 Å². The highest BCUT2D eigenvalue weighted by Gasteiger charge is 2.16. The van der Waals surface area contributed by atoms with Crippen LogP contribution in [-0.4, -0.2) is 22.4 Å². The van der Waals surface area contributed by atoms with E-state index in [4.69, 9.17) is 0 Å². The third-order valence-corrected chi connectivity index (χ3v) is 4.79. The first-order valence-electron chi connectivity index (χ1n) is 7.55. The van der Waals surface area contributed by atoms with Crippen molar-refractivity contribution in [3.8, 4) is 0 Å². The molecule has 1 atom stereocenters. The minimum Gasteiger partial charge on any atom is -0.340 e. The molecule has 0 saturated heterocycles. The number of thiazole rings is 1. The van der Waals surface area contributed by atoms with E-state index in [1.807, 2.05) is 41.9 Å². The van der Waals surface area contributed by atoms with Gasteiger partial charge in [0.15, 0.2) is 4.80 Å². The predicted octanol–water partition coefficient (Wildman–Crippen LogP) is 2.49. The van der Waals surface area contributed by atoms with Crippen molar-refractivity contribution in [1.29, 1.82) is 0 Å². The number of fused-ring (bicyclic) bond motifs is 1. The number of aromatic nitrogens is 1. The molecule has 0 radical (unpaired) electrons. The van der Waals surface area contributed by atoms with E-state index in [1.165, 1.54) is 11.3 Å². The summed E-state index contributed by atoms with van der Waals surface area (Å²) in [5, 5.41) is 2.68. The Morgan fingerprint density at radius 1 is 1.08 bits per heavy atom. The lowest BCUT2D eigenvalue weighted by Crippen LogP contribution is -2.38. The van der Waals surface area contributed by atoms with Crippen LogP contribution >= 0.6 is 11.3 Å². The van der Waals surface area contributed by atoms with E-state index in [0.717, 1.165) is 10.2 Å². The van der Waals surface area contributed by atoms with Crippen molar-refractivity contribution in [2.45, 2.75) is 13.0 Å². The molecule has 0 aliphatic heterocycles. The quantitative estimate of drug-likeness (QED) is 0.797. The van der Waals surface area contributed by atoms with Gasteiger partial charge >= 0.3 is 0 Å². The summed E-state index contributed by atoms with van der Waals surface area (Å²) in [6.45, 7) is 1.64. The Labute approximate surface area is 143 Å². The van der Waals surface area contributed by atoms with Crippen LogP contribution in [0.2, 0.25) is 0 Å². The number of carbonyl (C=O) groups is 2. The fourth-order valence-corrected chi connectivity index (χ4v) is 3.33. The summed E-state index contributed by atoms with van der Waals surface area (Å²) in [5.74, 6) is -0.659. The number of amides is 2. The standard InChI is InChI=1S/C18H17N3O2S/c1-12(19-17(23)13-8-4-3-5-9-13)16(22)20-18-21(2)14-10-6-7-11-15(14)24-18/h3-12H,1-2H3,(H,19,23). The third-order valence-electron chi connectivity index (χ3n) is 3.67. The molecule has 0 bridgehead atoms. The lowest BCUT2D eigenvalue weighted by molar-refractivity contribution is -0.119. The number of nitrogens with one attached hydrogen (secondary N) is 1. The number of hydrogen-bond acceptors (Lipinski definition) is 3. The number of rotatable bonds is 3. The molecule has 5 nitrogen and oxygen atoms in total. The molecule has 2 aromatic carbocycles. The summed E-state index contributed by atoms with van der Waals surface area (Å²) in [4.78, 5) is 29.2. The van der Waals surface area contributed by atoms with Crippen LogP contribution in [0.5, 0.6) is 0 Å². The zero-order chi connectivity index (χ0) is 17.1. The van der Waals surface area contributed by atoms with Gasteiger partial charge in [-0.3, -0.25) is 9.59 Å². The van der Waals surface area contributed by atoms with Crippen molar-refractivity contribution < 1.29 is 9.59 Å². The van der Waals surface area contributed by atoms with Crippen LogP contribution in [0.15, 0.2) is 59.6 Å². The van der Waals surface area contributed by atoms with Gasteiger partial charge in [0.05, 0.1) is 10.2 Å². The Bertz CT molecular complexity index is 957. The van der Waals surface area contributed by atoms with Crippen molar-refractivity contribution in [1.82, 2.24) is 9.88 Å². The largest absolute Gasteiger partial charge is 0.340 e. The van der Waals surface area contributed by atoms with Crippen molar-refractivity contribution in [2.75, 3.05) is 0 Å². The van der Waals surface area contributed by atoms with Crippen molar-refractivity contribution in [3.05, 3.63) is 65.0 Å². The van der Waals surface area contributed by atoms with Crippen LogP contribution in [-0.2, 0) is 11.8 Å². The lowest BCUT2D eigenvalue weighted by Gasteiger charge is -2.09. The van der Waals surface area contributed by atoms with Crippen molar-refractivity contribution in [3.63, 3.8) is 0 Å². The Morgan fingerprint density at radius 3 is 2.46 bits per heavy atom. The molecule has 24 heavy (non-hydrogen) atoms. The normalized spacial score (nSPS) is 13.0. The molecule has 122 valence electrons. The van der Waals surface area contributed by atoms with E-state index < -0.39 is 6.04 Å². The summed E-state index contributed by atoms with van der Waals surface area (Å²) < 4.78 is 2.94. The molecule has 1 unspecified atom stereocenters. The molecule has 1 heterocycles. The molecule has 0 aliphatic carbocycles. The van der Waals surface area contributed by atoms with E-state index >= 15 is 0 Å². The third kappa shape index (κ3) is 3.28. The van der Waals surface area contributed by atoms with Crippen molar-refractivity contribution >= 4 is 33.4 Å². The second kappa shape index (κ2) is 6.80. The molecule has 3 rings (SSSR count). The van der Waals surface area contributed by atoms with Gasteiger partial charge in [0.25, 0.3) is 11.8 Å². The second-order valence-corrected chi connectivity index (χ2v) is 6.43. The molecule has 3 aromatic rings. The van der Waals surface area contributed by atoms with Crippen LogP contribution < -0.4 is 10.1 Å². The minimum atomic E-state index is -0.692. The van der Waals surface area contributed by atoms with Crippen LogP contribution in [0.3, 0.4) is 0 Å². The van der Waals surface area contributed by atoms with Crippen molar-refractivity contribution in [2.24, 2.45) is 12.0 Å².